The summed E-state index contributed by atoms with van der Waals surface area (Å²) in [6, 6.07) is 16.2. The Balaban J connectivity index is 1.46. The van der Waals surface area contributed by atoms with Gasteiger partial charge in [-0.3, -0.25) is 4.79 Å². The summed E-state index contributed by atoms with van der Waals surface area (Å²) in [6.07, 6.45) is 3.73. The number of sulfonamides is 1. The maximum absolute atomic E-state index is 12.9. The molecular formula is C23H26N4O5S. The molecule has 174 valence electrons. The molecule has 0 saturated carbocycles. The van der Waals surface area contributed by atoms with Crippen molar-refractivity contribution in [2.45, 2.75) is 31.8 Å². The number of carbonyl (C=O) groups excluding carboxylic acids is 1. The van der Waals surface area contributed by atoms with Crippen LogP contribution in [0.4, 0.5) is 0 Å². The minimum atomic E-state index is -3.30. The Bertz CT molecular complexity index is 1200. The number of piperidine rings is 1. The zero-order chi connectivity index (χ0) is 23.3. The fraction of sp³-hybridized carbons (Fsp3) is 0.348. The molecule has 1 aliphatic heterocycles. The third-order valence-corrected chi connectivity index (χ3v) is 6.05. The Hall–Kier alpha value is -3.24. The highest BCUT2D eigenvalue weighted by molar-refractivity contribution is 7.88. The maximum atomic E-state index is 12.9. The zero-order valence-corrected chi connectivity index (χ0v) is 19.1. The van der Waals surface area contributed by atoms with Crippen LogP contribution in [-0.2, 0) is 21.4 Å². The van der Waals surface area contributed by atoms with Gasteiger partial charge in [0, 0.05) is 18.7 Å². The minimum Gasteiger partial charge on any atom is -0.484 e. The molecule has 3 aromatic rings. The molecule has 1 amide bonds. The molecule has 1 atom stereocenters. The van der Waals surface area contributed by atoms with Gasteiger partial charge in [-0.1, -0.05) is 35.5 Å². The largest absolute Gasteiger partial charge is 0.484 e. The average Bonchev–Trinajstić information content (AvgIpc) is 3.32. The summed E-state index contributed by atoms with van der Waals surface area (Å²) in [6.45, 7) is 0.721. The molecule has 0 spiro atoms. The third-order valence-electron chi connectivity index (χ3n) is 5.38. The Morgan fingerprint density at radius 2 is 2.00 bits per heavy atom. The van der Waals surface area contributed by atoms with Crippen LogP contribution in [0, 0.1) is 0 Å². The summed E-state index contributed by atoms with van der Waals surface area (Å²) in [5.41, 5.74) is 1.45. The number of hydrogen-bond acceptors (Lipinski definition) is 7. The third kappa shape index (κ3) is 6.17. The molecule has 1 fully saturated rings. The number of carbonyl (C=O) groups is 1. The van der Waals surface area contributed by atoms with Crippen LogP contribution in [0.5, 0.6) is 5.75 Å². The quantitative estimate of drug-likeness (QED) is 0.538. The molecule has 0 radical (unpaired) electrons. The highest BCUT2D eigenvalue weighted by Crippen LogP contribution is 2.31. The predicted octanol–water partition coefficient (Wildman–Crippen LogP) is 2.92. The van der Waals surface area contributed by atoms with Gasteiger partial charge in [-0.15, -0.1) is 0 Å². The van der Waals surface area contributed by atoms with Gasteiger partial charge in [0.25, 0.3) is 11.8 Å². The van der Waals surface area contributed by atoms with Crippen LogP contribution in [0.15, 0.2) is 59.1 Å². The average molecular weight is 471 g/mol. The Labute approximate surface area is 192 Å². The smallest absolute Gasteiger partial charge is 0.261 e. The molecule has 0 aliphatic carbocycles. The number of nitrogens with zero attached hydrogens (tertiary/aromatic N) is 3. The van der Waals surface area contributed by atoms with E-state index in [-0.39, 0.29) is 25.1 Å². The SMILES string of the molecule is CS(=O)(=O)NCc1cccc(-c2nc([C@H]3CCCCN3C(=O)COc3ccccc3)no2)c1. The van der Waals surface area contributed by atoms with Crippen LogP contribution in [0.2, 0.25) is 0 Å². The molecule has 0 unspecified atom stereocenters. The monoisotopic (exact) mass is 470 g/mol. The van der Waals surface area contributed by atoms with Crippen LogP contribution >= 0.6 is 0 Å². The Morgan fingerprint density at radius 3 is 2.79 bits per heavy atom. The van der Waals surface area contributed by atoms with Crippen LogP contribution in [0.1, 0.15) is 36.7 Å². The number of benzene rings is 2. The van der Waals surface area contributed by atoms with Crippen molar-refractivity contribution >= 4 is 15.9 Å². The van der Waals surface area contributed by atoms with E-state index < -0.39 is 10.0 Å². The van der Waals surface area contributed by atoms with Crippen molar-refractivity contribution < 1.29 is 22.5 Å². The molecule has 1 aliphatic rings. The number of nitrogens with one attached hydrogen (secondary N) is 1. The van der Waals surface area contributed by atoms with E-state index in [1.807, 2.05) is 42.5 Å². The Morgan fingerprint density at radius 1 is 1.18 bits per heavy atom. The molecule has 2 aromatic carbocycles. The van der Waals surface area contributed by atoms with E-state index in [9.17, 15) is 13.2 Å². The van der Waals surface area contributed by atoms with E-state index >= 15 is 0 Å². The first kappa shape index (κ1) is 22.9. The van der Waals surface area contributed by atoms with Crippen LogP contribution in [-0.4, -0.2) is 48.8 Å². The maximum Gasteiger partial charge on any atom is 0.261 e. The summed E-state index contributed by atoms with van der Waals surface area (Å²) in [5, 5.41) is 4.15. The first-order chi connectivity index (χ1) is 15.9. The minimum absolute atomic E-state index is 0.0550. The molecule has 1 saturated heterocycles. The van der Waals surface area contributed by atoms with Gasteiger partial charge in [0.05, 0.1) is 12.3 Å². The second-order valence-corrected chi connectivity index (χ2v) is 9.78. The van der Waals surface area contributed by atoms with E-state index in [4.69, 9.17) is 9.26 Å². The normalized spacial score (nSPS) is 16.5. The van der Waals surface area contributed by atoms with Crippen molar-refractivity contribution in [2.75, 3.05) is 19.4 Å². The van der Waals surface area contributed by atoms with Crippen molar-refractivity contribution in [2.24, 2.45) is 0 Å². The van der Waals surface area contributed by atoms with Gasteiger partial charge in [-0.05, 0) is 49.1 Å². The van der Waals surface area contributed by atoms with Gasteiger partial charge in [0.2, 0.25) is 10.0 Å². The second-order valence-electron chi connectivity index (χ2n) is 7.95. The van der Waals surface area contributed by atoms with Crippen LogP contribution in [0.3, 0.4) is 0 Å². The first-order valence-electron chi connectivity index (χ1n) is 10.7. The first-order valence-corrected chi connectivity index (χ1v) is 12.6. The van der Waals surface area contributed by atoms with Gasteiger partial charge < -0.3 is 14.2 Å². The van der Waals surface area contributed by atoms with Crippen molar-refractivity contribution in [3.05, 3.63) is 66.0 Å². The van der Waals surface area contributed by atoms with Crippen molar-refractivity contribution in [1.29, 1.82) is 0 Å². The molecule has 33 heavy (non-hydrogen) atoms. The van der Waals surface area contributed by atoms with E-state index in [1.54, 1.807) is 17.0 Å². The molecule has 1 N–H and O–H groups in total. The second kappa shape index (κ2) is 10.1. The highest BCUT2D eigenvalue weighted by atomic mass is 32.2. The lowest BCUT2D eigenvalue weighted by Crippen LogP contribution is -2.41. The number of likely N-dealkylation sites (tertiary alicyclic amines) is 1. The predicted molar refractivity (Wildman–Crippen MR) is 122 cm³/mol. The fourth-order valence-corrected chi connectivity index (χ4v) is 4.19. The molecule has 10 heteroatoms. The molecule has 0 bridgehead atoms. The molecule has 4 rings (SSSR count). The molecule has 2 heterocycles. The van der Waals surface area contributed by atoms with Gasteiger partial charge in [-0.25, -0.2) is 13.1 Å². The summed E-state index contributed by atoms with van der Waals surface area (Å²) in [7, 11) is -3.30. The molecular weight excluding hydrogens is 444 g/mol. The Kier molecular flexibility index (Phi) is 7.05. The van der Waals surface area contributed by atoms with Gasteiger partial charge in [-0.2, -0.15) is 4.98 Å². The van der Waals surface area contributed by atoms with Crippen molar-refractivity contribution in [3.63, 3.8) is 0 Å². The lowest BCUT2D eigenvalue weighted by molar-refractivity contribution is -0.137. The van der Waals surface area contributed by atoms with E-state index in [0.29, 0.717) is 29.6 Å². The lowest BCUT2D eigenvalue weighted by Gasteiger charge is -2.33. The number of hydrogen-bond donors (Lipinski definition) is 1. The van der Waals surface area contributed by atoms with Crippen molar-refractivity contribution in [3.8, 4) is 17.2 Å². The summed E-state index contributed by atoms with van der Waals surface area (Å²) >= 11 is 0. The number of aromatic nitrogens is 2. The van der Waals surface area contributed by atoms with Gasteiger partial charge >= 0.3 is 0 Å². The fourth-order valence-electron chi connectivity index (χ4n) is 3.76. The standard InChI is InChI=1S/C23H26N4O5S/c1-33(29,30)24-15-17-8-7-9-18(14-17)23-25-22(26-32-23)20-12-5-6-13-27(20)21(28)16-31-19-10-3-2-4-11-19/h2-4,7-11,14,20,24H,5-6,12-13,15-16H2,1H3/t20-/m1/s1. The van der Waals surface area contributed by atoms with Gasteiger partial charge in [0.15, 0.2) is 12.4 Å². The topological polar surface area (TPSA) is 115 Å². The van der Waals surface area contributed by atoms with E-state index in [0.717, 1.165) is 31.1 Å². The molecule has 9 nitrogen and oxygen atoms in total. The van der Waals surface area contributed by atoms with E-state index in [1.165, 1.54) is 0 Å². The van der Waals surface area contributed by atoms with Crippen LogP contribution < -0.4 is 9.46 Å². The molecule has 1 aromatic heterocycles. The number of amides is 1. The summed E-state index contributed by atoms with van der Waals surface area (Å²) < 4.78 is 36.3. The number of ether oxygens (including phenoxy) is 1. The summed E-state index contributed by atoms with van der Waals surface area (Å²) in [4.78, 5) is 19.2. The number of rotatable bonds is 8. The number of para-hydroxylation sites is 1. The highest BCUT2D eigenvalue weighted by Gasteiger charge is 2.32. The summed E-state index contributed by atoms with van der Waals surface area (Å²) in [5.74, 6) is 1.30. The van der Waals surface area contributed by atoms with Gasteiger partial charge in [0.1, 0.15) is 5.75 Å². The van der Waals surface area contributed by atoms with E-state index in [2.05, 4.69) is 14.9 Å². The lowest BCUT2D eigenvalue weighted by atomic mass is 10.0. The van der Waals surface area contributed by atoms with Crippen LogP contribution in [0.25, 0.3) is 11.5 Å². The zero-order valence-electron chi connectivity index (χ0n) is 18.3. The van der Waals surface area contributed by atoms with Crippen molar-refractivity contribution in [1.82, 2.24) is 19.8 Å².